The molecule has 0 saturated carbocycles. The largest absolute Gasteiger partial charge is 0.326 e. The van der Waals surface area contributed by atoms with E-state index in [0.29, 0.717) is 27.0 Å². The fraction of sp³-hybridized carbons (Fsp3) is 0.160. The van der Waals surface area contributed by atoms with E-state index in [1.54, 1.807) is 36.4 Å². The first-order valence-corrected chi connectivity index (χ1v) is 13.0. The molecule has 1 aliphatic rings. The first-order valence-electron chi connectivity index (χ1n) is 10.8. The lowest BCUT2D eigenvalue weighted by Gasteiger charge is -2.27. The van der Waals surface area contributed by atoms with E-state index in [4.69, 9.17) is 23.2 Å². The Balaban J connectivity index is 1.74. The molecule has 1 aliphatic heterocycles. The molecule has 0 radical (unpaired) electrons. The Bertz CT molecular complexity index is 1430. The summed E-state index contributed by atoms with van der Waals surface area (Å²) >= 11 is 12.2. The number of nitrogens with one attached hydrogen (secondary N) is 1. The summed E-state index contributed by atoms with van der Waals surface area (Å²) in [5, 5.41) is 3.33. The molecule has 1 N–H and O–H groups in total. The van der Waals surface area contributed by atoms with Gasteiger partial charge in [-0.25, -0.2) is 13.3 Å². The second kappa shape index (κ2) is 10.4. The van der Waals surface area contributed by atoms with Crippen molar-refractivity contribution in [1.82, 2.24) is 4.31 Å². The lowest BCUT2D eigenvalue weighted by Crippen LogP contribution is -2.45. The van der Waals surface area contributed by atoms with Gasteiger partial charge in [0.05, 0.1) is 17.0 Å². The minimum absolute atomic E-state index is 0.103. The van der Waals surface area contributed by atoms with Crippen LogP contribution in [0.3, 0.4) is 0 Å². The molecule has 36 heavy (non-hydrogen) atoms. The molecule has 8 nitrogen and oxygen atoms in total. The third-order valence-corrected chi connectivity index (χ3v) is 8.11. The number of carbonyl (C=O) groups excluding carboxylic acids is 3. The van der Waals surface area contributed by atoms with Crippen LogP contribution in [0.25, 0.3) is 0 Å². The highest BCUT2D eigenvalue weighted by Crippen LogP contribution is 2.32. The Labute approximate surface area is 218 Å². The fourth-order valence-electron chi connectivity index (χ4n) is 3.91. The zero-order valence-corrected chi connectivity index (χ0v) is 21.3. The zero-order valence-electron chi connectivity index (χ0n) is 19.0. The second-order valence-electron chi connectivity index (χ2n) is 8.11. The van der Waals surface area contributed by atoms with Gasteiger partial charge in [0.2, 0.25) is 21.8 Å². The summed E-state index contributed by atoms with van der Waals surface area (Å²) in [5.74, 6) is -1.51. The Hall–Kier alpha value is -3.24. The van der Waals surface area contributed by atoms with Gasteiger partial charge in [-0.05, 0) is 60.2 Å². The molecule has 4 rings (SSSR count). The van der Waals surface area contributed by atoms with Crippen LogP contribution in [-0.2, 0) is 31.0 Å². The maximum atomic E-state index is 13.8. The van der Waals surface area contributed by atoms with Crippen molar-refractivity contribution in [2.75, 3.05) is 10.2 Å². The molecular weight excluding hydrogens is 525 g/mol. The van der Waals surface area contributed by atoms with Gasteiger partial charge in [-0.1, -0.05) is 41.4 Å². The van der Waals surface area contributed by atoms with E-state index in [0.717, 1.165) is 9.21 Å². The van der Waals surface area contributed by atoms with E-state index in [-0.39, 0.29) is 23.8 Å². The predicted octanol–water partition coefficient (Wildman–Crippen LogP) is 4.47. The molecule has 0 aromatic heterocycles. The van der Waals surface area contributed by atoms with Crippen molar-refractivity contribution >= 4 is 62.3 Å². The van der Waals surface area contributed by atoms with Gasteiger partial charge in [0, 0.05) is 29.2 Å². The summed E-state index contributed by atoms with van der Waals surface area (Å²) in [7, 11) is -4.27. The number of nitrogens with zero attached hydrogens (tertiary/aromatic N) is 2. The fourth-order valence-corrected chi connectivity index (χ4v) is 5.79. The Morgan fingerprint density at radius 1 is 1.00 bits per heavy atom. The zero-order chi connectivity index (χ0) is 26.0. The van der Waals surface area contributed by atoms with Crippen molar-refractivity contribution in [1.29, 1.82) is 0 Å². The van der Waals surface area contributed by atoms with Crippen molar-refractivity contribution in [3.8, 4) is 0 Å². The van der Waals surface area contributed by atoms with Gasteiger partial charge >= 0.3 is 0 Å². The van der Waals surface area contributed by atoms with Crippen LogP contribution in [0.1, 0.15) is 18.9 Å². The highest BCUT2D eigenvalue weighted by molar-refractivity contribution is 7.89. The molecule has 0 spiro atoms. The summed E-state index contributed by atoms with van der Waals surface area (Å²) in [6, 6.07) is 17.1. The molecule has 3 aromatic carbocycles. The lowest BCUT2D eigenvalue weighted by atomic mass is 10.2. The maximum absolute atomic E-state index is 13.8. The predicted molar refractivity (Wildman–Crippen MR) is 137 cm³/mol. The number of hydrogen-bond acceptors (Lipinski definition) is 5. The molecule has 3 amide bonds. The average molecular weight is 546 g/mol. The molecule has 1 unspecified atom stereocenters. The average Bonchev–Trinajstić information content (AvgIpc) is 3.12. The van der Waals surface area contributed by atoms with Gasteiger partial charge in [0.15, 0.2) is 0 Å². The number of rotatable bonds is 7. The van der Waals surface area contributed by atoms with E-state index in [2.05, 4.69) is 5.32 Å². The molecular formula is C25H21Cl2N3O5S. The van der Waals surface area contributed by atoms with Crippen molar-refractivity contribution in [3.63, 3.8) is 0 Å². The number of amides is 3. The molecule has 1 atom stereocenters. The molecule has 11 heteroatoms. The van der Waals surface area contributed by atoms with Crippen LogP contribution in [0, 0.1) is 0 Å². The SMILES string of the molecule is CC(=O)Nc1ccc(S(=O)(=O)N(Cc2ccccc2Cl)C2CC(=O)N(c3ccc(Cl)cc3)C2=O)cc1. The minimum Gasteiger partial charge on any atom is -0.326 e. The van der Waals surface area contributed by atoms with Crippen molar-refractivity contribution in [2.45, 2.75) is 30.8 Å². The first-order chi connectivity index (χ1) is 17.1. The topological polar surface area (TPSA) is 104 Å². The summed E-state index contributed by atoms with van der Waals surface area (Å²) in [6.45, 7) is 1.11. The van der Waals surface area contributed by atoms with Crippen LogP contribution in [0.4, 0.5) is 11.4 Å². The number of hydrogen-bond donors (Lipinski definition) is 1. The van der Waals surface area contributed by atoms with Crippen molar-refractivity contribution in [2.24, 2.45) is 0 Å². The number of imide groups is 1. The van der Waals surface area contributed by atoms with Crippen LogP contribution in [0.2, 0.25) is 10.0 Å². The smallest absolute Gasteiger partial charge is 0.252 e. The third-order valence-electron chi connectivity index (χ3n) is 5.62. The summed E-state index contributed by atoms with van der Waals surface area (Å²) in [5.41, 5.74) is 1.19. The van der Waals surface area contributed by atoms with Gasteiger partial charge in [-0.2, -0.15) is 4.31 Å². The molecule has 0 bridgehead atoms. The van der Waals surface area contributed by atoms with Gasteiger partial charge in [0.25, 0.3) is 5.91 Å². The number of benzene rings is 3. The van der Waals surface area contributed by atoms with Crippen LogP contribution in [0.15, 0.2) is 77.7 Å². The van der Waals surface area contributed by atoms with E-state index in [1.807, 2.05) is 0 Å². The van der Waals surface area contributed by atoms with E-state index < -0.39 is 27.9 Å². The Kier molecular flexibility index (Phi) is 7.46. The maximum Gasteiger partial charge on any atom is 0.252 e. The van der Waals surface area contributed by atoms with E-state index in [1.165, 1.54) is 43.3 Å². The van der Waals surface area contributed by atoms with E-state index >= 15 is 0 Å². The van der Waals surface area contributed by atoms with Crippen LogP contribution in [0.5, 0.6) is 0 Å². The summed E-state index contributed by atoms with van der Waals surface area (Å²) in [6.07, 6.45) is -0.338. The number of sulfonamides is 1. The molecule has 0 aliphatic carbocycles. The molecule has 1 saturated heterocycles. The van der Waals surface area contributed by atoms with Crippen LogP contribution in [-0.4, -0.2) is 36.5 Å². The lowest BCUT2D eigenvalue weighted by molar-refractivity contribution is -0.122. The number of anilines is 2. The van der Waals surface area contributed by atoms with Crippen molar-refractivity contribution < 1.29 is 22.8 Å². The van der Waals surface area contributed by atoms with Gasteiger partial charge in [0.1, 0.15) is 6.04 Å². The minimum atomic E-state index is -4.27. The first kappa shape index (κ1) is 25.8. The molecule has 186 valence electrons. The van der Waals surface area contributed by atoms with Crippen LogP contribution >= 0.6 is 23.2 Å². The van der Waals surface area contributed by atoms with Gasteiger partial charge < -0.3 is 5.32 Å². The molecule has 1 fully saturated rings. The molecule has 1 heterocycles. The van der Waals surface area contributed by atoms with E-state index in [9.17, 15) is 22.8 Å². The monoisotopic (exact) mass is 545 g/mol. The molecule has 3 aromatic rings. The van der Waals surface area contributed by atoms with Crippen LogP contribution < -0.4 is 10.2 Å². The number of halogens is 2. The highest BCUT2D eigenvalue weighted by Gasteiger charge is 2.47. The standard InChI is InChI=1S/C25H21Cl2N3O5S/c1-16(31)28-19-8-12-21(13-9-19)36(34,35)29(15-17-4-2-3-5-22(17)27)23-14-24(32)30(25(23)33)20-10-6-18(26)7-11-20/h2-13,23H,14-15H2,1H3,(H,28,31). The Morgan fingerprint density at radius 3 is 2.25 bits per heavy atom. The summed E-state index contributed by atoms with van der Waals surface area (Å²) < 4.78 is 28.6. The van der Waals surface area contributed by atoms with Crippen molar-refractivity contribution in [3.05, 3.63) is 88.4 Å². The normalized spacial score (nSPS) is 16.0. The van der Waals surface area contributed by atoms with Gasteiger partial charge in [-0.3, -0.25) is 14.4 Å². The second-order valence-corrected chi connectivity index (χ2v) is 10.8. The van der Waals surface area contributed by atoms with Gasteiger partial charge in [-0.15, -0.1) is 0 Å². The third kappa shape index (κ3) is 5.29. The Morgan fingerprint density at radius 2 is 1.64 bits per heavy atom. The number of carbonyl (C=O) groups is 3. The highest BCUT2D eigenvalue weighted by atomic mass is 35.5. The summed E-state index contributed by atoms with van der Waals surface area (Å²) in [4.78, 5) is 38.5. The quantitative estimate of drug-likeness (QED) is 0.441.